The summed E-state index contributed by atoms with van der Waals surface area (Å²) in [7, 11) is 0. The SMILES string of the molecule is C#CCN(Cc1ccc(CNC2CC2)o1)CC1CC1. The molecule has 19 heavy (non-hydrogen) atoms. The van der Waals surface area contributed by atoms with E-state index in [1.807, 2.05) is 0 Å². The largest absolute Gasteiger partial charge is 0.463 e. The maximum absolute atomic E-state index is 5.87. The molecule has 0 spiro atoms. The number of hydrogen-bond donors (Lipinski definition) is 1. The summed E-state index contributed by atoms with van der Waals surface area (Å²) in [6.45, 7) is 3.51. The highest BCUT2D eigenvalue weighted by molar-refractivity contribution is 5.08. The number of rotatable bonds is 8. The second-order valence-electron chi connectivity index (χ2n) is 5.84. The molecule has 2 saturated carbocycles. The minimum Gasteiger partial charge on any atom is -0.463 e. The van der Waals surface area contributed by atoms with Crippen molar-refractivity contribution in [2.45, 2.75) is 44.8 Å². The monoisotopic (exact) mass is 258 g/mol. The lowest BCUT2D eigenvalue weighted by Crippen LogP contribution is -2.25. The van der Waals surface area contributed by atoms with Gasteiger partial charge in [0.25, 0.3) is 0 Å². The average Bonchev–Trinajstić information content (AvgIpc) is 3.30. The second kappa shape index (κ2) is 5.81. The van der Waals surface area contributed by atoms with Gasteiger partial charge in [0.15, 0.2) is 0 Å². The first-order valence-corrected chi connectivity index (χ1v) is 7.30. The van der Waals surface area contributed by atoms with Crippen LogP contribution in [0.1, 0.15) is 37.2 Å². The Morgan fingerprint density at radius 3 is 2.74 bits per heavy atom. The predicted octanol–water partition coefficient (Wildman–Crippen LogP) is 2.38. The summed E-state index contributed by atoms with van der Waals surface area (Å²) in [5, 5.41) is 3.47. The molecule has 0 atom stereocenters. The van der Waals surface area contributed by atoms with E-state index < -0.39 is 0 Å². The molecule has 0 aromatic carbocycles. The fourth-order valence-corrected chi connectivity index (χ4v) is 2.33. The summed E-state index contributed by atoms with van der Waals surface area (Å²) < 4.78 is 5.87. The molecular weight excluding hydrogens is 236 g/mol. The fourth-order valence-electron chi connectivity index (χ4n) is 2.33. The predicted molar refractivity (Wildman–Crippen MR) is 75.4 cm³/mol. The Morgan fingerprint density at radius 2 is 2.05 bits per heavy atom. The van der Waals surface area contributed by atoms with Crippen LogP contribution in [-0.4, -0.2) is 24.0 Å². The van der Waals surface area contributed by atoms with Crippen molar-refractivity contribution in [1.29, 1.82) is 0 Å². The molecule has 0 radical (unpaired) electrons. The quantitative estimate of drug-likeness (QED) is 0.726. The molecule has 0 aliphatic heterocycles. The Balaban J connectivity index is 1.50. The van der Waals surface area contributed by atoms with Crippen molar-refractivity contribution in [3.63, 3.8) is 0 Å². The molecule has 3 nitrogen and oxygen atoms in total. The molecule has 2 aliphatic carbocycles. The van der Waals surface area contributed by atoms with E-state index in [0.29, 0.717) is 6.54 Å². The van der Waals surface area contributed by atoms with Crippen molar-refractivity contribution in [3.05, 3.63) is 23.7 Å². The maximum Gasteiger partial charge on any atom is 0.118 e. The summed E-state index contributed by atoms with van der Waals surface area (Å²) in [4.78, 5) is 2.31. The van der Waals surface area contributed by atoms with E-state index in [4.69, 9.17) is 10.8 Å². The van der Waals surface area contributed by atoms with Gasteiger partial charge >= 0.3 is 0 Å². The second-order valence-corrected chi connectivity index (χ2v) is 5.84. The number of furan rings is 1. The first-order chi connectivity index (χ1) is 9.33. The van der Waals surface area contributed by atoms with E-state index in [-0.39, 0.29) is 0 Å². The van der Waals surface area contributed by atoms with Crippen molar-refractivity contribution in [2.24, 2.45) is 5.92 Å². The van der Waals surface area contributed by atoms with E-state index in [1.165, 1.54) is 25.7 Å². The van der Waals surface area contributed by atoms with Crippen molar-refractivity contribution < 1.29 is 4.42 Å². The van der Waals surface area contributed by atoms with Gasteiger partial charge in [-0.1, -0.05) is 5.92 Å². The van der Waals surface area contributed by atoms with Gasteiger partial charge in [0, 0.05) is 12.6 Å². The lowest BCUT2D eigenvalue weighted by molar-refractivity contribution is 0.258. The van der Waals surface area contributed by atoms with Gasteiger partial charge in [0.05, 0.1) is 19.6 Å². The minimum atomic E-state index is 0.715. The minimum absolute atomic E-state index is 0.715. The number of hydrogen-bond acceptors (Lipinski definition) is 3. The van der Waals surface area contributed by atoms with Gasteiger partial charge in [0.2, 0.25) is 0 Å². The van der Waals surface area contributed by atoms with Gasteiger partial charge in [0.1, 0.15) is 11.5 Å². The van der Waals surface area contributed by atoms with Gasteiger partial charge in [-0.15, -0.1) is 6.42 Å². The van der Waals surface area contributed by atoms with Crippen LogP contribution in [0, 0.1) is 18.3 Å². The van der Waals surface area contributed by atoms with Crippen LogP contribution in [0.2, 0.25) is 0 Å². The maximum atomic E-state index is 5.87. The van der Waals surface area contributed by atoms with Gasteiger partial charge in [-0.3, -0.25) is 4.90 Å². The van der Waals surface area contributed by atoms with Gasteiger partial charge in [-0.05, 0) is 43.7 Å². The van der Waals surface area contributed by atoms with E-state index in [2.05, 4.69) is 28.3 Å². The van der Waals surface area contributed by atoms with Crippen LogP contribution in [0.15, 0.2) is 16.5 Å². The highest BCUT2D eigenvalue weighted by atomic mass is 16.3. The smallest absolute Gasteiger partial charge is 0.118 e. The average molecular weight is 258 g/mol. The number of nitrogens with one attached hydrogen (secondary N) is 1. The molecule has 1 aromatic heterocycles. The van der Waals surface area contributed by atoms with E-state index in [9.17, 15) is 0 Å². The molecule has 0 unspecified atom stereocenters. The lowest BCUT2D eigenvalue weighted by Gasteiger charge is -2.17. The molecule has 2 aliphatic rings. The van der Waals surface area contributed by atoms with E-state index >= 15 is 0 Å². The van der Waals surface area contributed by atoms with Crippen LogP contribution < -0.4 is 5.32 Å². The van der Waals surface area contributed by atoms with Crippen LogP contribution >= 0.6 is 0 Å². The zero-order chi connectivity index (χ0) is 13.1. The molecular formula is C16H22N2O. The number of terminal acetylenes is 1. The highest BCUT2D eigenvalue weighted by Gasteiger charge is 2.24. The first kappa shape index (κ1) is 12.8. The van der Waals surface area contributed by atoms with Crippen molar-refractivity contribution in [1.82, 2.24) is 10.2 Å². The molecule has 1 heterocycles. The summed E-state index contributed by atoms with van der Waals surface area (Å²) in [5.74, 6) is 5.68. The first-order valence-electron chi connectivity index (χ1n) is 7.30. The number of nitrogens with zero attached hydrogens (tertiary/aromatic N) is 1. The summed E-state index contributed by atoms with van der Waals surface area (Å²) >= 11 is 0. The molecule has 3 heteroatoms. The zero-order valence-corrected chi connectivity index (χ0v) is 11.4. The molecule has 1 aromatic rings. The van der Waals surface area contributed by atoms with Crippen molar-refractivity contribution in [2.75, 3.05) is 13.1 Å². The normalized spacial score (nSPS) is 18.7. The Labute approximate surface area is 115 Å². The standard InChI is InChI=1S/C16H22N2O/c1-2-9-18(11-13-3-4-13)12-16-8-7-15(19-16)10-17-14-5-6-14/h1,7-8,13-14,17H,3-6,9-12H2. The Morgan fingerprint density at radius 1 is 1.26 bits per heavy atom. The Kier molecular flexibility index (Phi) is 3.91. The van der Waals surface area contributed by atoms with Crippen LogP contribution in [0.5, 0.6) is 0 Å². The van der Waals surface area contributed by atoms with Gasteiger partial charge in [-0.25, -0.2) is 0 Å². The third-order valence-electron chi connectivity index (χ3n) is 3.77. The third kappa shape index (κ3) is 4.12. The molecule has 0 saturated heterocycles. The van der Waals surface area contributed by atoms with Crippen LogP contribution in [0.4, 0.5) is 0 Å². The topological polar surface area (TPSA) is 28.4 Å². The van der Waals surface area contributed by atoms with Gasteiger partial charge in [-0.2, -0.15) is 0 Å². The van der Waals surface area contributed by atoms with Gasteiger partial charge < -0.3 is 9.73 Å². The highest BCUT2D eigenvalue weighted by Crippen LogP contribution is 2.30. The van der Waals surface area contributed by atoms with Crippen LogP contribution in [0.25, 0.3) is 0 Å². The summed E-state index contributed by atoms with van der Waals surface area (Å²) in [5.41, 5.74) is 0. The lowest BCUT2D eigenvalue weighted by atomic mass is 10.3. The molecule has 102 valence electrons. The van der Waals surface area contributed by atoms with Crippen molar-refractivity contribution in [3.8, 4) is 12.3 Å². The Bertz CT molecular complexity index is 452. The molecule has 0 amide bonds. The Hall–Kier alpha value is -1.24. The molecule has 1 N–H and O–H groups in total. The summed E-state index contributed by atoms with van der Waals surface area (Å²) in [6.07, 6.45) is 10.8. The molecule has 0 bridgehead atoms. The molecule has 3 rings (SSSR count). The molecule has 2 fully saturated rings. The van der Waals surface area contributed by atoms with Crippen LogP contribution in [-0.2, 0) is 13.1 Å². The van der Waals surface area contributed by atoms with Crippen LogP contribution in [0.3, 0.4) is 0 Å². The fraction of sp³-hybridized carbons (Fsp3) is 0.625. The van der Waals surface area contributed by atoms with E-state index in [1.54, 1.807) is 0 Å². The summed E-state index contributed by atoms with van der Waals surface area (Å²) in [6, 6.07) is 4.89. The van der Waals surface area contributed by atoms with Crippen molar-refractivity contribution >= 4 is 0 Å². The zero-order valence-electron chi connectivity index (χ0n) is 11.4. The van der Waals surface area contributed by atoms with E-state index in [0.717, 1.165) is 43.1 Å². The third-order valence-corrected chi connectivity index (χ3v) is 3.77.